The van der Waals surface area contributed by atoms with Crippen LogP contribution in [0.1, 0.15) is 52.1 Å². The average Bonchev–Trinajstić information content (AvgIpc) is 2.83. The Labute approximate surface area is 211 Å². The number of nitrogens with zero attached hydrogens (tertiary/aromatic N) is 1. The number of likely N-dealkylation sites (tertiary alicyclic amines) is 1. The Morgan fingerprint density at radius 1 is 1.11 bits per heavy atom. The topological polar surface area (TPSA) is 109 Å². The van der Waals surface area contributed by atoms with Gasteiger partial charge >= 0.3 is 6.09 Å². The lowest BCUT2D eigenvalue weighted by molar-refractivity contribution is -0.127. The van der Waals surface area contributed by atoms with Gasteiger partial charge in [-0.1, -0.05) is 24.3 Å². The SMILES string of the molecule is C[C@@H](NC(=O)C1(Nc2ccccc2)CCN(C(=O)OC(C)(C)C)CC1)c1ccc2c(c1)NC(=O)CO2. The number of anilines is 2. The molecule has 0 aromatic heterocycles. The predicted molar refractivity (Wildman–Crippen MR) is 137 cm³/mol. The fourth-order valence-electron chi connectivity index (χ4n) is 4.39. The van der Waals surface area contributed by atoms with Crippen LogP contribution in [0, 0.1) is 0 Å². The zero-order chi connectivity index (χ0) is 25.9. The summed E-state index contributed by atoms with van der Waals surface area (Å²) in [5.41, 5.74) is 0.779. The zero-order valence-electron chi connectivity index (χ0n) is 21.2. The van der Waals surface area contributed by atoms with E-state index in [1.807, 2.05) is 70.2 Å². The second-order valence-corrected chi connectivity index (χ2v) is 10.3. The van der Waals surface area contributed by atoms with Gasteiger partial charge in [-0.25, -0.2) is 4.79 Å². The van der Waals surface area contributed by atoms with E-state index in [0.29, 0.717) is 37.4 Å². The number of hydrogen-bond acceptors (Lipinski definition) is 6. The molecule has 36 heavy (non-hydrogen) atoms. The van der Waals surface area contributed by atoms with Crippen LogP contribution in [0.2, 0.25) is 0 Å². The van der Waals surface area contributed by atoms with E-state index in [9.17, 15) is 14.4 Å². The highest BCUT2D eigenvalue weighted by Crippen LogP contribution is 2.32. The van der Waals surface area contributed by atoms with Crippen LogP contribution >= 0.6 is 0 Å². The summed E-state index contributed by atoms with van der Waals surface area (Å²) in [7, 11) is 0. The minimum absolute atomic E-state index is 0.00732. The number of hydrogen-bond donors (Lipinski definition) is 3. The first-order chi connectivity index (χ1) is 17.0. The van der Waals surface area contributed by atoms with Crippen LogP contribution in [0.5, 0.6) is 5.75 Å². The number of carbonyl (C=O) groups is 3. The summed E-state index contributed by atoms with van der Waals surface area (Å²) < 4.78 is 11.0. The molecule has 0 saturated carbocycles. The van der Waals surface area contributed by atoms with Gasteiger partial charge in [0.1, 0.15) is 16.9 Å². The molecule has 0 radical (unpaired) electrons. The summed E-state index contributed by atoms with van der Waals surface area (Å²) >= 11 is 0. The molecule has 2 heterocycles. The fraction of sp³-hybridized carbons (Fsp3) is 0.444. The van der Waals surface area contributed by atoms with E-state index < -0.39 is 11.1 Å². The molecule has 1 saturated heterocycles. The lowest BCUT2D eigenvalue weighted by Crippen LogP contribution is -2.59. The van der Waals surface area contributed by atoms with E-state index in [4.69, 9.17) is 9.47 Å². The van der Waals surface area contributed by atoms with Gasteiger partial charge in [-0.05, 0) is 70.4 Å². The number of nitrogens with one attached hydrogen (secondary N) is 3. The number of fused-ring (bicyclic) bond motifs is 1. The Balaban J connectivity index is 1.50. The van der Waals surface area contributed by atoms with Crippen LogP contribution < -0.4 is 20.7 Å². The van der Waals surface area contributed by atoms with Crippen molar-refractivity contribution in [1.29, 1.82) is 0 Å². The molecule has 2 aliphatic rings. The third-order valence-electron chi connectivity index (χ3n) is 6.34. The van der Waals surface area contributed by atoms with Crippen molar-refractivity contribution < 1.29 is 23.9 Å². The highest BCUT2D eigenvalue weighted by molar-refractivity contribution is 5.95. The molecule has 0 aliphatic carbocycles. The monoisotopic (exact) mass is 494 g/mol. The third kappa shape index (κ3) is 5.90. The number of piperidine rings is 1. The smallest absolute Gasteiger partial charge is 0.410 e. The summed E-state index contributed by atoms with van der Waals surface area (Å²) in [5.74, 6) is 0.244. The van der Waals surface area contributed by atoms with E-state index in [1.165, 1.54) is 0 Å². The van der Waals surface area contributed by atoms with Crippen molar-refractivity contribution in [2.45, 2.75) is 57.7 Å². The van der Waals surface area contributed by atoms with Gasteiger partial charge < -0.3 is 30.3 Å². The summed E-state index contributed by atoms with van der Waals surface area (Å²) in [4.78, 5) is 39.7. The lowest BCUT2D eigenvalue weighted by Gasteiger charge is -2.42. The highest BCUT2D eigenvalue weighted by Gasteiger charge is 2.43. The highest BCUT2D eigenvalue weighted by atomic mass is 16.6. The van der Waals surface area contributed by atoms with Gasteiger partial charge in [0, 0.05) is 18.8 Å². The number of carbonyl (C=O) groups excluding carboxylic acids is 3. The number of benzene rings is 2. The number of rotatable bonds is 5. The maximum absolute atomic E-state index is 13.8. The van der Waals surface area contributed by atoms with Crippen LogP contribution in [-0.2, 0) is 14.3 Å². The molecule has 3 amide bonds. The Bertz CT molecular complexity index is 1120. The van der Waals surface area contributed by atoms with Crippen LogP contribution in [0.25, 0.3) is 0 Å². The van der Waals surface area contributed by atoms with Crippen LogP contribution in [0.15, 0.2) is 48.5 Å². The molecule has 1 fully saturated rings. The molecule has 2 aromatic carbocycles. The van der Waals surface area contributed by atoms with Crippen LogP contribution in [-0.4, -0.2) is 53.6 Å². The summed E-state index contributed by atoms with van der Waals surface area (Å²) in [6.07, 6.45) is 0.476. The molecule has 0 bridgehead atoms. The van der Waals surface area contributed by atoms with Crippen LogP contribution in [0.4, 0.5) is 16.2 Å². The maximum Gasteiger partial charge on any atom is 0.410 e. The van der Waals surface area contributed by atoms with E-state index in [1.54, 1.807) is 11.0 Å². The normalized spacial score (nSPS) is 17.7. The van der Waals surface area contributed by atoms with Crippen molar-refractivity contribution in [3.05, 3.63) is 54.1 Å². The molecular formula is C27H34N4O5. The van der Waals surface area contributed by atoms with Crippen molar-refractivity contribution in [2.24, 2.45) is 0 Å². The molecule has 1 atom stereocenters. The molecule has 0 spiro atoms. The number of para-hydroxylation sites is 1. The summed E-state index contributed by atoms with van der Waals surface area (Å²) in [6.45, 7) is 8.18. The van der Waals surface area contributed by atoms with E-state index in [2.05, 4.69) is 16.0 Å². The van der Waals surface area contributed by atoms with Gasteiger partial charge in [0.25, 0.3) is 5.91 Å². The fourth-order valence-corrected chi connectivity index (χ4v) is 4.39. The van der Waals surface area contributed by atoms with Gasteiger partial charge in [0.05, 0.1) is 11.7 Å². The first kappa shape index (κ1) is 25.3. The lowest BCUT2D eigenvalue weighted by atomic mass is 9.85. The van der Waals surface area contributed by atoms with E-state index in [0.717, 1.165) is 11.3 Å². The quantitative estimate of drug-likeness (QED) is 0.578. The minimum atomic E-state index is -0.903. The van der Waals surface area contributed by atoms with Crippen molar-refractivity contribution >= 4 is 29.3 Å². The molecule has 192 valence electrons. The predicted octanol–water partition coefficient (Wildman–Crippen LogP) is 4.08. The number of ether oxygens (including phenoxy) is 2. The van der Waals surface area contributed by atoms with E-state index in [-0.39, 0.29) is 30.6 Å². The molecule has 0 unspecified atom stereocenters. The molecular weight excluding hydrogens is 460 g/mol. The van der Waals surface area contributed by atoms with Gasteiger partial charge in [-0.15, -0.1) is 0 Å². The number of amides is 3. The summed E-state index contributed by atoms with van der Waals surface area (Å²) in [6, 6.07) is 14.8. The Hall–Kier alpha value is -3.75. The maximum atomic E-state index is 13.8. The molecule has 2 aliphatic heterocycles. The molecule has 4 rings (SSSR count). The van der Waals surface area contributed by atoms with Gasteiger partial charge in [-0.3, -0.25) is 9.59 Å². The Morgan fingerprint density at radius 2 is 1.81 bits per heavy atom. The van der Waals surface area contributed by atoms with Crippen molar-refractivity contribution in [2.75, 3.05) is 30.3 Å². The van der Waals surface area contributed by atoms with Crippen molar-refractivity contribution in [1.82, 2.24) is 10.2 Å². The first-order valence-electron chi connectivity index (χ1n) is 12.2. The first-order valence-corrected chi connectivity index (χ1v) is 12.2. The average molecular weight is 495 g/mol. The minimum Gasteiger partial charge on any atom is -0.482 e. The van der Waals surface area contributed by atoms with Gasteiger partial charge in [-0.2, -0.15) is 0 Å². The third-order valence-corrected chi connectivity index (χ3v) is 6.34. The second-order valence-electron chi connectivity index (χ2n) is 10.3. The second kappa shape index (κ2) is 10.1. The molecule has 3 N–H and O–H groups in total. The summed E-state index contributed by atoms with van der Waals surface area (Å²) in [5, 5.41) is 9.39. The van der Waals surface area contributed by atoms with Crippen molar-refractivity contribution in [3.63, 3.8) is 0 Å². The Morgan fingerprint density at radius 3 is 2.47 bits per heavy atom. The largest absolute Gasteiger partial charge is 0.482 e. The van der Waals surface area contributed by atoms with Gasteiger partial charge in [0.15, 0.2) is 6.61 Å². The Kier molecular flexibility index (Phi) is 7.10. The molecule has 2 aromatic rings. The zero-order valence-corrected chi connectivity index (χ0v) is 21.2. The van der Waals surface area contributed by atoms with Gasteiger partial charge in [0.2, 0.25) is 5.91 Å². The van der Waals surface area contributed by atoms with Crippen LogP contribution in [0.3, 0.4) is 0 Å². The molecule has 9 heteroatoms. The molecule has 9 nitrogen and oxygen atoms in total. The van der Waals surface area contributed by atoms with Crippen molar-refractivity contribution in [3.8, 4) is 5.75 Å². The standard InChI is InChI=1S/C27H34N4O5/c1-18(19-10-11-22-21(16-19)29-23(32)17-35-22)28-24(33)27(30-20-8-6-5-7-9-20)12-14-31(15-13-27)25(34)36-26(2,3)4/h5-11,16,18,30H,12-15,17H2,1-4H3,(H,28,33)(H,29,32)/t18-/m1/s1. The van der Waals surface area contributed by atoms with E-state index >= 15 is 0 Å².